The van der Waals surface area contributed by atoms with Gasteiger partial charge in [0.05, 0.1) is 13.7 Å². The van der Waals surface area contributed by atoms with Gasteiger partial charge in [0.25, 0.3) is 0 Å². The van der Waals surface area contributed by atoms with Crippen LogP contribution in [0.2, 0.25) is 0 Å². The Labute approximate surface area is 161 Å². The van der Waals surface area contributed by atoms with Gasteiger partial charge < -0.3 is 20.1 Å². The van der Waals surface area contributed by atoms with Crippen LogP contribution in [-0.4, -0.2) is 46.0 Å². The van der Waals surface area contributed by atoms with E-state index in [9.17, 15) is 4.79 Å². The van der Waals surface area contributed by atoms with Crippen LogP contribution in [0.1, 0.15) is 38.2 Å². The molecule has 1 saturated carbocycles. The van der Waals surface area contributed by atoms with Gasteiger partial charge in [-0.3, -0.25) is 5.32 Å². The number of carbonyl (C=O) groups is 1. The molecule has 3 N–H and O–H groups in total. The summed E-state index contributed by atoms with van der Waals surface area (Å²) < 4.78 is 9.85. The smallest absolute Gasteiger partial charge is 0.411 e. The molecule has 1 aromatic rings. The maximum atomic E-state index is 11.2. The number of hydrogen-bond donors (Lipinski definition) is 3. The Morgan fingerprint density at radius 3 is 2.48 bits per heavy atom. The molecule has 2 rings (SSSR count). The van der Waals surface area contributed by atoms with Crippen LogP contribution < -0.4 is 16.0 Å². The Hall–Kier alpha value is -2.28. The zero-order valence-electron chi connectivity index (χ0n) is 16.6. The number of nitrogens with one attached hydrogen (secondary N) is 3. The third-order valence-electron chi connectivity index (χ3n) is 5.03. The number of anilines is 1. The Kier molecular flexibility index (Phi) is 8.39. The molecule has 0 aliphatic heterocycles. The SMILES string of the molecule is CCNC(=NCc1ccc(NC(=O)OC)cc1)NCC1(CCOC)CCC1. The summed E-state index contributed by atoms with van der Waals surface area (Å²) in [5.74, 6) is 0.831. The van der Waals surface area contributed by atoms with Crippen molar-refractivity contribution in [2.45, 2.75) is 39.2 Å². The molecule has 1 aromatic carbocycles. The van der Waals surface area contributed by atoms with Crippen LogP contribution in [0.4, 0.5) is 10.5 Å². The predicted octanol–water partition coefficient (Wildman–Crippen LogP) is 3.13. The maximum absolute atomic E-state index is 11.2. The third kappa shape index (κ3) is 6.75. The summed E-state index contributed by atoms with van der Waals surface area (Å²) in [4.78, 5) is 15.9. The van der Waals surface area contributed by atoms with E-state index in [2.05, 4.69) is 32.6 Å². The molecule has 0 unspecified atom stereocenters. The Balaban J connectivity index is 1.89. The molecule has 1 fully saturated rings. The van der Waals surface area contributed by atoms with Crippen LogP contribution in [-0.2, 0) is 16.0 Å². The monoisotopic (exact) mass is 376 g/mol. The van der Waals surface area contributed by atoms with Gasteiger partial charge in [-0.2, -0.15) is 0 Å². The number of methoxy groups -OCH3 is 2. The topological polar surface area (TPSA) is 84.0 Å². The highest BCUT2D eigenvalue weighted by Gasteiger charge is 2.36. The number of benzene rings is 1. The van der Waals surface area contributed by atoms with Crippen molar-refractivity contribution in [1.82, 2.24) is 10.6 Å². The predicted molar refractivity (Wildman–Crippen MR) is 108 cm³/mol. The van der Waals surface area contributed by atoms with Gasteiger partial charge in [-0.25, -0.2) is 9.79 Å². The van der Waals surface area contributed by atoms with E-state index in [1.165, 1.54) is 26.4 Å². The molecule has 150 valence electrons. The Morgan fingerprint density at radius 2 is 1.93 bits per heavy atom. The molecule has 0 atom stereocenters. The fraction of sp³-hybridized carbons (Fsp3) is 0.600. The van der Waals surface area contributed by atoms with E-state index in [0.29, 0.717) is 17.6 Å². The van der Waals surface area contributed by atoms with E-state index >= 15 is 0 Å². The summed E-state index contributed by atoms with van der Waals surface area (Å²) in [6, 6.07) is 7.58. The fourth-order valence-electron chi connectivity index (χ4n) is 3.16. The first kappa shape index (κ1) is 21.0. The number of nitrogens with zero attached hydrogens (tertiary/aromatic N) is 1. The quantitative estimate of drug-likeness (QED) is 0.455. The average molecular weight is 377 g/mol. The van der Waals surface area contributed by atoms with E-state index in [1.807, 2.05) is 24.3 Å². The molecular weight excluding hydrogens is 344 g/mol. The molecule has 0 saturated heterocycles. The first-order valence-electron chi connectivity index (χ1n) is 9.56. The van der Waals surface area contributed by atoms with Crippen molar-refractivity contribution >= 4 is 17.7 Å². The van der Waals surface area contributed by atoms with Gasteiger partial charge in [-0.05, 0) is 49.3 Å². The van der Waals surface area contributed by atoms with Crippen molar-refractivity contribution in [3.63, 3.8) is 0 Å². The molecule has 0 bridgehead atoms. The van der Waals surface area contributed by atoms with E-state index in [1.54, 1.807) is 7.11 Å². The lowest BCUT2D eigenvalue weighted by molar-refractivity contribution is 0.0732. The van der Waals surface area contributed by atoms with E-state index in [-0.39, 0.29) is 0 Å². The first-order chi connectivity index (χ1) is 13.1. The van der Waals surface area contributed by atoms with Crippen LogP contribution in [0.5, 0.6) is 0 Å². The fourth-order valence-corrected chi connectivity index (χ4v) is 3.16. The van der Waals surface area contributed by atoms with Crippen molar-refractivity contribution in [3.05, 3.63) is 29.8 Å². The van der Waals surface area contributed by atoms with Crippen LogP contribution in [0.25, 0.3) is 0 Å². The summed E-state index contributed by atoms with van der Waals surface area (Å²) in [7, 11) is 3.11. The lowest BCUT2D eigenvalue weighted by atomic mass is 9.67. The third-order valence-corrected chi connectivity index (χ3v) is 5.03. The van der Waals surface area contributed by atoms with Crippen molar-refractivity contribution in [3.8, 4) is 0 Å². The summed E-state index contributed by atoms with van der Waals surface area (Å²) in [6.45, 7) is 5.18. The van der Waals surface area contributed by atoms with E-state index in [4.69, 9.17) is 4.74 Å². The highest BCUT2D eigenvalue weighted by molar-refractivity contribution is 5.84. The van der Waals surface area contributed by atoms with Gasteiger partial charge in [0.15, 0.2) is 5.96 Å². The summed E-state index contributed by atoms with van der Waals surface area (Å²) in [6.07, 6.45) is 4.41. The highest BCUT2D eigenvalue weighted by Crippen LogP contribution is 2.43. The number of carbonyl (C=O) groups excluding carboxylic acids is 1. The molecule has 1 aliphatic carbocycles. The van der Waals surface area contributed by atoms with Gasteiger partial charge in [-0.15, -0.1) is 0 Å². The molecule has 0 heterocycles. The van der Waals surface area contributed by atoms with Crippen LogP contribution in [0, 0.1) is 5.41 Å². The van der Waals surface area contributed by atoms with E-state index < -0.39 is 6.09 Å². The second kappa shape index (κ2) is 10.8. The Morgan fingerprint density at radius 1 is 1.19 bits per heavy atom. The van der Waals surface area contributed by atoms with Crippen molar-refractivity contribution < 1.29 is 14.3 Å². The molecule has 1 amide bonds. The molecule has 0 aromatic heterocycles. The molecule has 7 heteroatoms. The van der Waals surface area contributed by atoms with Crippen LogP contribution in [0.3, 0.4) is 0 Å². The maximum Gasteiger partial charge on any atom is 0.411 e. The summed E-state index contributed by atoms with van der Waals surface area (Å²) >= 11 is 0. The molecule has 0 spiro atoms. The van der Waals surface area contributed by atoms with Crippen molar-refractivity contribution in [2.24, 2.45) is 10.4 Å². The number of amides is 1. The summed E-state index contributed by atoms with van der Waals surface area (Å²) in [5, 5.41) is 9.45. The molecule has 0 radical (unpaired) electrons. The normalized spacial score (nSPS) is 15.6. The van der Waals surface area contributed by atoms with Gasteiger partial charge in [-0.1, -0.05) is 18.6 Å². The first-order valence-corrected chi connectivity index (χ1v) is 9.56. The number of rotatable bonds is 9. The summed E-state index contributed by atoms with van der Waals surface area (Å²) in [5.41, 5.74) is 2.11. The largest absolute Gasteiger partial charge is 0.453 e. The molecule has 7 nitrogen and oxygen atoms in total. The van der Waals surface area contributed by atoms with Crippen LogP contribution >= 0.6 is 0 Å². The second-order valence-electron chi connectivity index (χ2n) is 6.96. The number of aliphatic imine (C=N–C) groups is 1. The Bertz CT molecular complexity index is 612. The number of ether oxygens (including phenoxy) is 2. The molecule has 27 heavy (non-hydrogen) atoms. The zero-order chi connectivity index (χ0) is 19.5. The highest BCUT2D eigenvalue weighted by atomic mass is 16.5. The average Bonchev–Trinajstić information content (AvgIpc) is 2.65. The molecular formula is C20H32N4O3. The van der Waals surface area contributed by atoms with Gasteiger partial charge >= 0.3 is 6.09 Å². The van der Waals surface area contributed by atoms with Gasteiger partial charge in [0.2, 0.25) is 0 Å². The second-order valence-corrected chi connectivity index (χ2v) is 6.96. The lowest BCUT2D eigenvalue weighted by Gasteiger charge is -2.42. The number of guanidine groups is 1. The minimum atomic E-state index is -0.474. The standard InChI is InChI=1S/C20H32N4O3/c1-4-21-18(23-15-20(10-5-11-20)12-13-26-2)22-14-16-6-8-17(9-7-16)24-19(25)27-3/h6-9H,4-5,10-15H2,1-3H3,(H,24,25)(H2,21,22,23). The van der Waals surface area contributed by atoms with Crippen LogP contribution in [0.15, 0.2) is 29.3 Å². The van der Waals surface area contributed by atoms with Crippen molar-refractivity contribution in [1.29, 1.82) is 0 Å². The molecule has 1 aliphatic rings. The minimum absolute atomic E-state index is 0.341. The number of hydrogen-bond acceptors (Lipinski definition) is 4. The van der Waals surface area contributed by atoms with Gasteiger partial charge in [0.1, 0.15) is 0 Å². The van der Waals surface area contributed by atoms with E-state index in [0.717, 1.165) is 37.6 Å². The van der Waals surface area contributed by atoms with Crippen molar-refractivity contribution in [2.75, 3.05) is 39.2 Å². The zero-order valence-corrected chi connectivity index (χ0v) is 16.6. The lowest BCUT2D eigenvalue weighted by Crippen LogP contribution is -2.46. The van der Waals surface area contributed by atoms with Gasteiger partial charge in [0, 0.05) is 32.5 Å². The minimum Gasteiger partial charge on any atom is -0.453 e.